The normalized spacial score (nSPS) is 18.2. The lowest BCUT2D eigenvalue weighted by atomic mass is 10.1. The number of nitrogens with one attached hydrogen (secondary N) is 2. The van der Waals surface area contributed by atoms with Gasteiger partial charge in [0.15, 0.2) is 6.35 Å². The third kappa shape index (κ3) is 5.75. The maximum Gasteiger partial charge on any atom is 0.242 e. The van der Waals surface area contributed by atoms with Crippen molar-refractivity contribution in [3.63, 3.8) is 0 Å². The smallest absolute Gasteiger partial charge is 0.242 e. The predicted octanol–water partition coefficient (Wildman–Crippen LogP) is 0.210. The van der Waals surface area contributed by atoms with Gasteiger partial charge in [-0.1, -0.05) is 6.58 Å². The zero-order valence-corrected chi connectivity index (χ0v) is 14.1. The van der Waals surface area contributed by atoms with Crippen LogP contribution in [0.15, 0.2) is 17.8 Å². The molecule has 0 saturated carbocycles. The monoisotopic (exact) mass is 311 g/mol. The Kier molecular flexibility index (Phi) is 8.08. The van der Waals surface area contributed by atoms with Gasteiger partial charge in [-0.05, 0) is 26.8 Å². The van der Waals surface area contributed by atoms with Gasteiger partial charge >= 0.3 is 0 Å². The zero-order valence-electron chi connectivity index (χ0n) is 14.1. The first kappa shape index (κ1) is 18.6. The molecule has 1 rings (SSSR count). The highest BCUT2D eigenvalue weighted by molar-refractivity contribution is 5.86. The maximum absolute atomic E-state index is 12.3. The number of likely N-dealkylation sites (tertiary alicyclic amines) is 1. The van der Waals surface area contributed by atoms with Gasteiger partial charge in [0, 0.05) is 39.5 Å². The Morgan fingerprint density at radius 1 is 1.55 bits per heavy atom. The fourth-order valence-electron chi connectivity index (χ4n) is 2.43. The summed E-state index contributed by atoms with van der Waals surface area (Å²) in [6.45, 7) is 7.31. The molecule has 0 aliphatic carbocycles. The van der Waals surface area contributed by atoms with Crippen LogP contribution in [-0.2, 0) is 9.53 Å². The lowest BCUT2D eigenvalue weighted by Gasteiger charge is -2.35. The molecule has 1 heterocycles. The summed E-state index contributed by atoms with van der Waals surface area (Å²) in [4.78, 5) is 20.2. The van der Waals surface area contributed by atoms with Gasteiger partial charge in [0.2, 0.25) is 5.91 Å². The highest BCUT2D eigenvalue weighted by Crippen LogP contribution is 2.11. The van der Waals surface area contributed by atoms with Gasteiger partial charge < -0.3 is 14.5 Å². The van der Waals surface area contributed by atoms with Crippen molar-refractivity contribution in [1.29, 1.82) is 0 Å². The number of piperidine rings is 1. The number of methoxy groups -OCH3 is 1. The molecule has 0 aromatic heterocycles. The van der Waals surface area contributed by atoms with Gasteiger partial charge in [-0.25, -0.2) is 4.99 Å². The van der Waals surface area contributed by atoms with Gasteiger partial charge in [0.1, 0.15) is 5.84 Å². The molecule has 1 unspecified atom stereocenters. The number of likely N-dealkylation sites (N-methyl/N-ethyl adjacent to an activating group) is 1. The Hall–Kier alpha value is -1.44. The average molecular weight is 311 g/mol. The maximum atomic E-state index is 12.3. The summed E-state index contributed by atoms with van der Waals surface area (Å²) < 4.78 is 5.25. The van der Waals surface area contributed by atoms with Gasteiger partial charge in [0.05, 0.1) is 6.54 Å². The third-order valence-corrected chi connectivity index (χ3v) is 3.94. The Labute approximate surface area is 133 Å². The highest BCUT2D eigenvalue weighted by atomic mass is 16.5. The van der Waals surface area contributed by atoms with E-state index in [0.717, 1.165) is 31.8 Å². The summed E-state index contributed by atoms with van der Waals surface area (Å²) in [5.74, 6) is 0.924. The minimum absolute atomic E-state index is 0.136. The molecule has 1 fully saturated rings. The number of hydrogen-bond donors (Lipinski definition) is 2. The molecule has 0 aromatic rings. The molecular formula is C15H29N5O2. The molecule has 2 N–H and O–H groups in total. The summed E-state index contributed by atoms with van der Waals surface area (Å²) in [5, 5.41) is 6.42. The molecule has 1 amide bonds. The Balaban J connectivity index is 2.39. The van der Waals surface area contributed by atoms with Crippen molar-refractivity contribution >= 4 is 11.7 Å². The van der Waals surface area contributed by atoms with E-state index in [2.05, 4.69) is 22.2 Å². The Morgan fingerprint density at radius 3 is 2.68 bits per heavy atom. The SMILES string of the molecule is C=CN=C(C)N(C)CC(=O)N1CCC(NC(NC)OC)CC1. The minimum Gasteiger partial charge on any atom is -0.354 e. The van der Waals surface area contributed by atoms with Crippen LogP contribution < -0.4 is 10.6 Å². The lowest BCUT2D eigenvalue weighted by Crippen LogP contribution is -2.52. The topological polar surface area (TPSA) is 69.2 Å². The summed E-state index contributed by atoms with van der Waals surface area (Å²) in [7, 11) is 5.38. The van der Waals surface area contributed by atoms with Crippen molar-refractivity contribution in [3.05, 3.63) is 12.8 Å². The zero-order chi connectivity index (χ0) is 16.5. The van der Waals surface area contributed by atoms with Crippen LogP contribution in [0.3, 0.4) is 0 Å². The fourth-order valence-corrected chi connectivity index (χ4v) is 2.43. The Morgan fingerprint density at radius 2 is 2.18 bits per heavy atom. The first-order chi connectivity index (χ1) is 10.5. The Bertz CT molecular complexity index is 387. The summed E-state index contributed by atoms with van der Waals surface area (Å²) in [5.41, 5.74) is 0. The molecule has 7 nitrogen and oxygen atoms in total. The van der Waals surface area contributed by atoms with E-state index in [1.54, 1.807) is 7.11 Å². The van der Waals surface area contributed by atoms with E-state index < -0.39 is 0 Å². The van der Waals surface area contributed by atoms with Crippen molar-refractivity contribution in [2.45, 2.75) is 32.2 Å². The van der Waals surface area contributed by atoms with Crippen LogP contribution >= 0.6 is 0 Å². The van der Waals surface area contributed by atoms with Crippen LogP contribution in [-0.4, -0.2) is 74.8 Å². The van der Waals surface area contributed by atoms with E-state index in [1.165, 1.54) is 6.20 Å². The first-order valence-electron chi connectivity index (χ1n) is 7.62. The minimum atomic E-state index is -0.142. The number of nitrogens with zero attached hydrogens (tertiary/aromatic N) is 3. The van der Waals surface area contributed by atoms with E-state index >= 15 is 0 Å². The number of carbonyl (C=O) groups excluding carboxylic acids is 1. The molecule has 0 bridgehead atoms. The van der Waals surface area contributed by atoms with Crippen molar-refractivity contribution < 1.29 is 9.53 Å². The van der Waals surface area contributed by atoms with E-state index in [-0.39, 0.29) is 12.3 Å². The fraction of sp³-hybridized carbons (Fsp3) is 0.733. The standard InChI is InChI=1S/C15H29N5O2/c1-6-17-12(2)19(4)11-14(21)20-9-7-13(8-10-20)18-15(16-3)22-5/h6,13,15-16,18H,1,7-11H2,2-5H3. The van der Waals surface area contributed by atoms with E-state index in [1.807, 2.05) is 30.8 Å². The molecule has 1 saturated heterocycles. The third-order valence-electron chi connectivity index (χ3n) is 3.94. The molecule has 1 aliphatic heterocycles. The van der Waals surface area contributed by atoms with Gasteiger partial charge in [-0.15, -0.1) is 0 Å². The largest absolute Gasteiger partial charge is 0.354 e. The molecule has 126 valence electrons. The second-order valence-corrected chi connectivity index (χ2v) is 5.44. The number of rotatable bonds is 7. The van der Waals surface area contributed by atoms with Gasteiger partial charge in [-0.2, -0.15) is 0 Å². The van der Waals surface area contributed by atoms with Crippen LogP contribution in [0, 0.1) is 0 Å². The van der Waals surface area contributed by atoms with Crippen LogP contribution in [0.2, 0.25) is 0 Å². The average Bonchev–Trinajstić information content (AvgIpc) is 2.53. The van der Waals surface area contributed by atoms with Crippen LogP contribution in [0.5, 0.6) is 0 Å². The number of ether oxygens (including phenoxy) is 1. The number of aliphatic imine (C=N–C) groups is 1. The molecule has 7 heteroatoms. The number of amides is 1. The van der Waals surface area contributed by atoms with E-state index in [0.29, 0.717) is 12.6 Å². The van der Waals surface area contributed by atoms with E-state index in [9.17, 15) is 4.79 Å². The quantitative estimate of drug-likeness (QED) is 0.400. The summed E-state index contributed by atoms with van der Waals surface area (Å²) in [6, 6.07) is 0.364. The molecular weight excluding hydrogens is 282 g/mol. The lowest BCUT2D eigenvalue weighted by molar-refractivity contribution is -0.132. The highest BCUT2D eigenvalue weighted by Gasteiger charge is 2.24. The first-order valence-corrected chi connectivity index (χ1v) is 7.62. The number of hydrogen-bond acceptors (Lipinski definition) is 5. The second kappa shape index (κ2) is 9.55. The number of amidine groups is 1. The van der Waals surface area contributed by atoms with Crippen LogP contribution in [0.4, 0.5) is 0 Å². The van der Waals surface area contributed by atoms with Crippen molar-refractivity contribution in [1.82, 2.24) is 20.4 Å². The molecule has 0 aromatic carbocycles. The molecule has 22 heavy (non-hydrogen) atoms. The predicted molar refractivity (Wildman–Crippen MR) is 88.5 cm³/mol. The summed E-state index contributed by atoms with van der Waals surface area (Å²) in [6.07, 6.45) is 3.20. The molecule has 0 radical (unpaired) electrons. The van der Waals surface area contributed by atoms with Crippen molar-refractivity contribution in [3.8, 4) is 0 Å². The second-order valence-electron chi connectivity index (χ2n) is 5.44. The summed E-state index contributed by atoms with van der Waals surface area (Å²) >= 11 is 0. The van der Waals surface area contributed by atoms with Gasteiger partial charge in [0.25, 0.3) is 0 Å². The molecule has 1 aliphatic rings. The molecule has 0 spiro atoms. The van der Waals surface area contributed by atoms with Crippen molar-refractivity contribution in [2.75, 3.05) is 40.8 Å². The van der Waals surface area contributed by atoms with Gasteiger partial charge in [-0.3, -0.25) is 15.4 Å². The van der Waals surface area contributed by atoms with E-state index in [4.69, 9.17) is 4.74 Å². The van der Waals surface area contributed by atoms with Crippen LogP contribution in [0.1, 0.15) is 19.8 Å². The van der Waals surface area contributed by atoms with Crippen molar-refractivity contribution in [2.24, 2.45) is 4.99 Å². The number of carbonyl (C=O) groups is 1. The molecule has 1 atom stereocenters. The van der Waals surface area contributed by atoms with Crippen LogP contribution in [0.25, 0.3) is 0 Å².